The van der Waals surface area contributed by atoms with Gasteiger partial charge in [0.25, 0.3) is 5.76 Å². The summed E-state index contributed by atoms with van der Waals surface area (Å²) in [6.45, 7) is 1.89. The first-order valence-electron chi connectivity index (χ1n) is 7.71. The molecule has 0 saturated carbocycles. The molecule has 134 valence electrons. The van der Waals surface area contributed by atoms with Crippen LogP contribution in [0.4, 0.5) is 19.3 Å². The van der Waals surface area contributed by atoms with Gasteiger partial charge in [0.1, 0.15) is 5.75 Å². The molecule has 2 amide bonds. The average Bonchev–Trinajstić information content (AvgIpc) is 2.54. The van der Waals surface area contributed by atoms with Gasteiger partial charge in [0.2, 0.25) is 0 Å². The molecule has 25 heavy (non-hydrogen) atoms. The van der Waals surface area contributed by atoms with Gasteiger partial charge in [-0.05, 0) is 49.2 Å². The Morgan fingerprint density at radius 1 is 1.20 bits per heavy atom. The number of hydrogen-bond acceptors (Lipinski definition) is 3. The number of methoxy groups -OCH3 is 1. The smallest absolute Gasteiger partial charge is 0.319 e. The second-order valence-corrected chi connectivity index (χ2v) is 6.52. The fourth-order valence-corrected chi connectivity index (χ4v) is 2.90. The number of halogens is 2. The van der Waals surface area contributed by atoms with Crippen LogP contribution in [-0.2, 0) is 6.42 Å². The van der Waals surface area contributed by atoms with Crippen molar-refractivity contribution in [1.82, 2.24) is 5.32 Å². The van der Waals surface area contributed by atoms with Crippen LogP contribution in [0.15, 0.2) is 53.4 Å². The Labute approximate surface area is 150 Å². The van der Waals surface area contributed by atoms with Crippen LogP contribution in [0.2, 0.25) is 0 Å². The molecule has 4 nitrogen and oxygen atoms in total. The Balaban J connectivity index is 1.88. The lowest BCUT2D eigenvalue weighted by Gasteiger charge is -2.15. The van der Waals surface area contributed by atoms with Crippen molar-refractivity contribution in [2.45, 2.75) is 30.0 Å². The molecule has 2 aromatic rings. The van der Waals surface area contributed by atoms with E-state index in [4.69, 9.17) is 4.74 Å². The molecule has 0 aliphatic heterocycles. The molecular formula is C18H20F2N2O2S. The highest BCUT2D eigenvalue weighted by atomic mass is 32.2. The van der Waals surface area contributed by atoms with Crippen LogP contribution >= 0.6 is 11.8 Å². The summed E-state index contributed by atoms with van der Waals surface area (Å²) in [7, 11) is 1.61. The van der Waals surface area contributed by atoms with Crippen LogP contribution in [0.3, 0.4) is 0 Å². The van der Waals surface area contributed by atoms with Crippen molar-refractivity contribution in [1.29, 1.82) is 0 Å². The second-order valence-electron chi connectivity index (χ2n) is 5.46. The third-order valence-electron chi connectivity index (χ3n) is 3.37. The number of benzene rings is 2. The van der Waals surface area contributed by atoms with Crippen molar-refractivity contribution in [3.63, 3.8) is 0 Å². The van der Waals surface area contributed by atoms with Crippen molar-refractivity contribution in [3.05, 3.63) is 54.1 Å². The molecule has 2 N–H and O–H groups in total. The maximum Gasteiger partial charge on any atom is 0.319 e. The topological polar surface area (TPSA) is 50.4 Å². The van der Waals surface area contributed by atoms with Gasteiger partial charge >= 0.3 is 6.03 Å². The first-order chi connectivity index (χ1) is 12.0. The minimum Gasteiger partial charge on any atom is -0.497 e. The number of alkyl halides is 2. The van der Waals surface area contributed by atoms with E-state index in [1.165, 1.54) is 6.07 Å². The number of ether oxygens (including phenoxy) is 1. The standard InChI is InChI=1S/C18H20F2N2O2S/c1-12(9-13-5-3-7-15(10-13)24-2)21-18(23)22-14-6-4-8-16(11-14)25-17(19)20/h3-8,10-12,17H,9H2,1-2H3,(H2,21,22,23). The molecule has 0 spiro atoms. The molecule has 0 aromatic heterocycles. The van der Waals surface area contributed by atoms with Gasteiger partial charge < -0.3 is 15.4 Å². The number of urea groups is 1. The molecule has 0 fully saturated rings. The highest BCUT2D eigenvalue weighted by molar-refractivity contribution is 7.99. The maximum absolute atomic E-state index is 12.4. The molecule has 0 aliphatic rings. The zero-order valence-corrected chi connectivity index (χ0v) is 14.8. The summed E-state index contributed by atoms with van der Waals surface area (Å²) in [5, 5.41) is 5.49. The van der Waals surface area contributed by atoms with E-state index >= 15 is 0 Å². The Bertz CT molecular complexity index is 713. The van der Waals surface area contributed by atoms with E-state index in [9.17, 15) is 13.6 Å². The van der Waals surface area contributed by atoms with Gasteiger partial charge in [0.15, 0.2) is 0 Å². The van der Waals surface area contributed by atoms with E-state index in [0.717, 1.165) is 11.3 Å². The first-order valence-corrected chi connectivity index (χ1v) is 8.59. The number of nitrogens with one attached hydrogen (secondary N) is 2. The van der Waals surface area contributed by atoms with Crippen molar-refractivity contribution in [2.24, 2.45) is 0 Å². The van der Waals surface area contributed by atoms with Crippen LogP contribution in [-0.4, -0.2) is 24.9 Å². The molecule has 0 heterocycles. The number of carbonyl (C=O) groups is 1. The van der Waals surface area contributed by atoms with E-state index in [1.807, 2.05) is 31.2 Å². The Kier molecular flexibility index (Phi) is 7.06. The molecule has 2 rings (SSSR count). The Morgan fingerprint density at radius 2 is 1.96 bits per heavy atom. The molecule has 0 bridgehead atoms. The monoisotopic (exact) mass is 366 g/mol. The van der Waals surface area contributed by atoms with Crippen LogP contribution in [0.5, 0.6) is 5.75 Å². The number of thioether (sulfide) groups is 1. The molecule has 7 heteroatoms. The van der Waals surface area contributed by atoms with Gasteiger partial charge in [-0.25, -0.2) is 4.79 Å². The number of anilines is 1. The maximum atomic E-state index is 12.4. The lowest BCUT2D eigenvalue weighted by molar-refractivity contribution is 0.249. The second kappa shape index (κ2) is 9.27. The summed E-state index contributed by atoms with van der Waals surface area (Å²) in [6.07, 6.45) is 0.645. The quantitative estimate of drug-likeness (QED) is 0.695. The van der Waals surface area contributed by atoms with E-state index in [2.05, 4.69) is 10.6 Å². The Hall–Kier alpha value is -2.28. The largest absolute Gasteiger partial charge is 0.497 e. The first kappa shape index (κ1) is 19.1. The van der Waals surface area contributed by atoms with E-state index in [1.54, 1.807) is 25.3 Å². The number of rotatable bonds is 7. The van der Waals surface area contributed by atoms with Crippen molar-refractivity contribution in [3.8, 4) is 5.75 Å². The summed E-state index contributed by atoms with van der Waals surface area (Å²) >= 11 is 0.442. The average molecular weight is 366 g/mol. The third-order valence-corrected chi connectivity index (χ3v) is 4.07. The normalized spacial score (nSPS) is 11.9. The molecular weight excluding hydrogens is 346 g/mol. The minimum atomic E-state index is -2.49. The van der Waals surface area contributed by atoms with Crippen molar-refractivity contribution in [2.75, 3.05) is 12.4 Å². The van der Waals surface area contributed by atoms with Crippen molar-refractivity contribution >= 4 is 23.5 Å². The summed E-state index contributed by atoms with van der Waals surface area (Å²) in [5.74, 6) is -1.73. The molecule has 1 unspecified atom stereocenters. The van der Waals surface area contributed by atoms with Crippen LogP contribution in [0.1, 0.15) is 12.5 Å². The van der Waals surface area contributed by atoms with Gasteiger partial charge in [-0.1, -0.05) is 30.0 Å². The number of amides is 2. The summed E-state index contributed by atoms with van der Waals surface area (Å²) < 4.78 is 30.0. The van der Waals surface area contributed by atoms with Gasteiger partial charge in [-0.15, -0.1) is 0 Å². The predicted molar refractivity (Wildman–Crippen MR) is 96.6 cm³/mol. The van der Waals surface area contributed by atoms with Gasteiger partial charge in [-0.3, -0.25) is 0 Å². The zero-order valence-electron chi connectivity index (χ0n) is 14.0. The van der Waals surface area contributed by atoms with E-state index < -0.39 is 5.76 Å². The lowest BCUT2D eigenvalue weighted by atomic mass is 10.1. The SMILES string of the molecule is COc1cccc(CC(C)NC(=O)Nc2cccc(SC(F)F)c2)c1. The predicted octanol–water partition coefficient (Wildman–Crippen LogP) is 4.76. The molecule has 0 radical (unpaired) electrons. The fraction of sp³-hybridized carbons (Fsp3) is 0.278. The number of hydrogen-bond donors (Lipinski definition) is 2. The van der Waals surface area contributed by atoms with Crippen LogP contribution < -0.4 is 15.4 Å². The minimum absolute atomic E-state index is 0.106. The summed E-state index contributed by atoms with van der Waals surface area (Å²) in [4.78, 5) is 12.5. The molecule has 0 aliphatic carbocycles. The third kappa shape index (κ3) is 6.62. The summed E-state index contributed by atoms with van der Waals surface area (Å²) in [5.41, 5.74) is 1.51. The fourth-order valence-electron chi connectivity index (χ4n) is 2.35. The molecule has 2 aromatic carbocycles. The summed E-state index contributed by atoms with van der Waals surface area (Å²) in [6, 6.07) is 13.5. The molecule has 1 atom stereocenters. The molecule has 0 saturated heterocycles. The van der Waals surface area contributed by atoms with Gasteiger partial charge in [0, 0.05) is 16.6 Å². The number of carbonyl (C=O) groups excluding carboxylic acids is 1. The zero-order chi connectivity index (χ0) is 18.2. The van der Waals surface area contributed by atoms with E-state index in [0.29, 0.717) is 28.8 Å². The Morgan fingerprint density at radius 3 is 2.68 bits per heavy atom. The highest BCUT2D eigenvalue weighted by Crippen LogP contribution is 2.27. The lowest BCUT2D eigenvalue weighted by Crippen LogP contribution is -2.37. The van der Waals surface area contributed by atoms with Gasteiger partial charge in [-0.2, -0.15) is 8.78 Å². The van der Waals surface area contributed by atoms with E-state index in [-0.39, 0.29) is 12.1 Å². The van der Waals surface area contributed by atoms with Crippen LogP contribution in [0, 0.1) is 0 Å². The highest BCUT2D eigenvalue weighted by Gasteiger charge is 2.10. The van der Waals surface area contributed by atoms with Crippen molar-refractivity contribution < 1.29 is 18.3 Å². The van der Waals surface area contributed by atoms with Crippen LogP contribution in [0.25, 0.3) is 0 Å². The van der Waals surface area contributed by atoms with Gasteiger partial charge in [0.05, 0.1) is 7.11 Å².